The zero-order valence-electron chi connectivity index (χ0n) is 9.36. The van der Waals surface area contributed by atoms with E-state index in [9.17, 15) is 0 Å². The van der Waals surface area contributed by atoms with Crippen molar-refractivity contribution in [2.24, 2.45) is 4.99 Å². The molecule has 0 aliphatic carbocycles. The number of hydrogen-bond acceptors (Lipinski definition) is 4. The molecular formula is C11H17NO3. The molecule has 4 heteroatoms. The first-order valence-corrected chi connectivity index (χ1v) is 4.81. The monoisotopic (exact) mass is 211 g/mol. The molecule has 0 fully saturated rings. The van der Waals surface area contributed by atoms with Crippen LogP contribution in [-0.4, -0.2) is 30.6 Å². The van der Waals surface area contributed by atoms with Crippen LogP contribution in [0.2, 0.25) is 0 Å². The molecular weight excluding hydrogens is 194 g/mol. The second-order valence-electron chi connectivity index (χ2n) is 3.97. The van der Waals surface area contributed by atoms with Crippen LogP contribution < -0.4 is 0 Å². The third kappa shape index (κ3) is 3.85. The van der Waals surface area contributed by atoms with Gasteiger partial charge in [-0.1, -0.05) is 0 Å². The van der Waals surface area contributed by atoms with Gasteiger partial charge >= 0.3 is 0 Å². The lowest BCUT2D eigenvalue weighted by molar-refractivity contribution is 0.164. The Hall–Kier alpha value is -1.13. The number of ether oxygens (including phenoxy) is 1. The van der Waals surface area contributed by atoms with Gasteiger partial charge in [0.15, 0.2) is 0 Å². The summed E-state index contributed by atoms with van der Waals surface area (Å²) in [6.07, 6.45) is 1.62. The summed E-state index contributed by atoms with van der Waals surface area (Å²) in [6, 6.07) is 3.67. The standard InChI is InChI=1S/C11H17NO3/c1-11(2,8-13)12-6-9-4-5-10(15-9)7-14-3/h4-6,13H,7-8H2,1-3H3. The van der Waals surface area contributed by atoms with Gasteiger partial charge in [-0.15, -0.1) is 0 Å². The molecule has 1 N–H and O–H groups in total. The number of methoxy groups -OCH3 is 1. The van der Waals surface area contributed by atoms with Crippen molar-refractivity contribution in [1.82, 2.24) is 0 Å². The van der Waals surface area contributed by atoms with Crippen LogP contribution in [0.25, 0.3) is 0 Å². The van der Waals surface area contributed by atoms with Crippen LogP contribution in [-0.2, 0) is 11.3 Å². The predicted molar refractivity (Wildman–Crippen MR) is 58.2 cm³/mol. The summed E-state index contributed by atoms with van der Waals surface area (Å²) in [4.78, 5) is 4.21. The molecule has 0 bridgehead atoms. The Morgan fingerprint density at radius 2 is 2.27 bits per heavy atom. The summed E-state index contributed by atoms with van der Waals surface area (Å²) in [6.45, 7) is 4.16. The molecule has 84 valence electrons. The first kappa shape index (κ1) is 11.9. The van der Waals surface area contributed by atoms with Gasteiger partial charge in [-0.2, -0.15) is 0 Å². The van der Waals surface area contributed by atoms with E-state index in [1.165, 1.54) is 0 Å². The summed E-state index contributed by atoms with van der Waals surface area (Å²) in [7, 11) is 1.62. The highest BCUT2D eigenvalue weighted by atomic mass is 16.5. The van der Waals surface area contributed by atoms with Gasteiger partial charge in [-0.3, -0.25) is 4.99 Å². The van der Waals surface area contributed by atoms with Crippen LogP contribution >= 0.6 is 0 Å². The SMILES string of the molecule is COCc1ccc(C=NC(C)(C)CO)o1. The van der Waals surface area contributed by atoms with Crippen molar-refractivity contribution in [3.63, 3.8) is 0 Å². The molecule has 1 rings (SSSR count). The Labute approximate surface area is 89.6 Å². The molecule has 0 radical (unpaired) electrons. The maximum absolute atomic E-state index is 9.00. The highest BCUT2D eigenvalue weighted by Gasteiger charge is 2.12. The van der Waals surface area contributed by atoms with Gasteiger partial charge in [0, 0.05) is 7.11 Å². The minimum Gasteiger partial charge on any atom is -0.458 e. The Balaban J connectivity index is 2.64. The molecule has 0 amide bonds. The van der Waals surface area contributed by atoms with Gasteiger partial charge in [-0.05, 0) is 26.0 Å². The van der Waals surface area contributed by atoms with Crippen LogP contribution in [0, 0.1) is 0 Å². The summed E-state index contributed by atoms with van der Waals surface area (Å²) >= 11 is 0. The van der Waals surface area contributed by atoms with Crippen molar-refractivity contribution < 1.29 is 14.3 Å². The largest absolute Gasteiger partial charge is 0.458 e. The zero-order valence-corrected chi connectivity index (χ0v) is 9.36. The van der Waals surface area contributed by atoms with E-state index in [1.54, 1.807) is 13.3 Å². The molecule has 15 heavy (non-hydrogen) atoms. The first-order valence-electron chi connectivity index (χ1n) is 4.81. The number of hydrogen-bond donors (Lipinski definition) is 1. The van der Waals surface area contributed by atoms with E-state index < -0.39 is 5.54 Å². The maximum atomic E-state index is 9.00. The van der Waals surface area contributed by atoms with Gasteiger partial charge in [0.25, 0.3) is 0 Å². The lowest BCUT2D eigenvalue weighted by Gasteiger charge is -2.14. The first-order chi connectivity index (χ1) is 7.07. The van der Waals surface area contributed by atoms with Crippen molar-refractivity contribution in [1.29, 1.82) is 0 Å². The van der Waals surface area contributed by atoms with E-state index in [1.807, 2.05) is 26.0 Å². The molecule has 0 aromatic carbocycles. The number of aliphatic hydroxyl groups excluding tert-OH is 1. The highest BCUT2D eigenvalue weighted by molar-refractivity contribution is 5.76. The van der Waals surface area contributed by atoms with Gasteiger partial charge in [0.2, 0.25) is 0 Å². The molecule has 0 atom stereocenters. The number of rotatable bonds is 5. The molecule has 0 saturated heterocycles. The van der Waals surface area contributed by atoms with Crippen LogP contribution in [0.5, 0.6) is 0 Å². The zero-order chi connectivity index (χ0) is 11.3. The van der Waals surface area contributed by atoms with E-state index in [0.29, 0.717) is 12.4 Å². The fraction of sp³-hybridized carbons (Fsp3) is 0.545. The quantitative estimate of drug-likeness (QED) is 0.753. The third-order valence-corrected chi connectivity index (χ3v) is 1.90. The smallest absolute Gasteiger partial charge is 0.144 e. The van der Waals surface area contributed by atoms with Gasteiger partial charge in [-0.25, -0.2) is 0 Å². The van der Waals surface area contributed by atoms with E-state index in [4.69, 9.17) is 14.3 Å². The summed E-state index contributed by atoms with van der Waals surface area (Å²) in [5, 5.41) is 9.00. The minimum absolute atomic E-state index is 0.00906. The lowest BCUT2D eigenvalue weighted by atomic mass is 10.1. The average molecular weight is 211 g/mol. The fourth-order valence-corrected chi connectivity index (χ4v) is 0.963. The molecule has 0 saturated carbocycles. The molecule has 0 unspecified atom stereocenters. The average Bonchev–Trinajstić information content (AvgIpc) is 2.64. The van der Waals surface area contributed by atoms with Gasteiger partial charge in [0.05, 0.1) is 18.4 Å². The molecule has 0 aliphatic rings. The normalized spacial score (nSPS) is 12.5. The maximum Gasteiger partial charge on any atom is 0.144 e. The molecule has 0 aliphatic heterocycles. The number of furan rings is 1. The van der Waals surface area contributed by atoms with Crippen molar-refractivity contribution in [2.75, 3.05) is 13.7 Å². The van der Waals surface area contributed by atoms with Crippen molar-refractivity contribution >= 4 is 6.21 Å². The Morgan fingerprint density at radius 3 is 2.87 bits per heavy atom. The molecule has 1 heterocycles. The number of nitrogens with zero attached hydrogens (tertiary/aromatic N) is 1. The summed E-state index contributed by atoms with van der Waals surface area (Å²) in [5.74, 6) is 1.43. The van der Waals surface area contributed by atoms with Gasteiger partial charge < -0.3 is 14.3 Å². The highest BCUT2D eigenvalue weighted by Crippen LogP contribution is 2.10. The molecule has 4 nitrogen and oxygen atoms in total. The molecule has 1 aromatic heterocycles. The molecule has 0 spiro atoms. The lowest BCUT2D eigenvalue weighted by Crippen LogP contribution is -2.21. The number of aliphatic imine (C=N–C) groups is 1. The van der Waals surface area contributed by atoms with E-state index in [0.717, 1.165) is 5.76 Å². The van der Waals surface area contributed by atoms with E-state index in [-0.39, 0.29) is 6.61 Å². The van der Waals surface area contributed by atoms with Crippen LogP contribution in [0.3, 0.4) is 0 Å². The third-order valence-electron chi connectivity index (χ3n) is 1.90. The topological polar surface area (TPSA) is 55.0 Å². The van der Waals surface area contributed by atoms with Crippen molar-refractivity contribution in [2.45, 2.75) is 26.0 Å². The Kier molecular flexibility index (Phi) is 4.05. The summed E-state index contributed by atoms with van der Waals surface area (Å²) < 4.78 is 10.3. The summed E-state index contributed by atoms with van der Waals surface area (Å²) in [5.41, 5.74) is -0.464. The van der Waals surface area contributed by atoms with Crippen molar-refractivity contribution in [3.05, 3.63) is 23.7 Å². The second kappa shape index (κ2) is 5.09. The second-order valence-corrected chi connectivity index (χ2v) is 3.97. The van der Waals surface area contributed by atoms with Crippen LogP contribution in [0.15, 0.2) is 21.5 Å². The molecule has 1 aromatic rings. The minimum atomic E-state index is -0.464. The fourth-order valence-electron chi connectivity index (χ4n) is 0.963. The Bertz CT molecular complexity index is 328. The Morgan fingerprint density at radius 1 is 1.53 bits per heavy atom. The van der Waals surface area contributed by atoms with Gasteiger partial charge in [0.1, 0.15) is 18.1 Å². The predicted octanol–water partition coefficient (Wildman–Crippen LogP) is 1.62. The van der Waals surface area contributed by atoms with Crippen LogP contribution in [0.1, 0.15) is 25.4 Å². The van der Waals surface area contributed by atoms with Crippen molar-refractivity contribution in [3.8, 4) is 0 Å². The number of aliphatic hydroxyl groups is 1. The van der Waals surface area contributed by atoms with Crippen LogP contribution in [0.4, 0.5) is 0 Å². The van der Waals surface area contributed by atoms with E-state index >= 15 is 0 Å². The van der Waals surface area contributed by atoms with E-state index in [2.05, 4.69) is 4.99 Å².